The molecular weight excluding hydrogens is 701 g/mol. The smallest absolute Gasteiger partial charge is 0.251 e. The Kier molecular flexibility index (Phi) is 11.7. The van der Waals surface area contributed by atoms with Gasteiger partial charge in [-0.3, -0.25) is 24.4 Å². The van der Waals surface area contributed by atoms with Crippen LogP contribution in [0, 0.1) is 12.8 Å². The molecule has 284 valence electrons. The summed E-state index contributed by atoms with van der Waals surface area (Å²) in [5.74, 6) is -0.516. The van der Waals surface area contributed by atoms with Gasteiger partial charge >= 0.3 is 0 Å². The number of nitrogens with two attached hydrogens (primary N) is 1. The molecule has 12 heteroatoms. The Morgan fingerprint density at radius 2 is 1.16 bits per heavy atom. The van der Waals surface area contributed by atoms with E-state index in [0.29, 0.717) is 79.7 Å². The topological polar surface area (TPSA) is 156 Å². The fraction of sp³-hybridized carbons (Fsp3) is 0.273. The third kappa shape index (κ3) is 9.40. The number of rotatable bonds is 8. The quantitative estimate of drug-likeness (QED) is 0.175. The zero-order valence-electron chi connectivity index (χ0n) is 32.2. The predicted molar refractivity (Wildman–Crippen MR) is 216 cm³/mol. The van der Waals surface area contributed by atoms with Crippen molar-refractivity contribution in [1.82, 2.24) is 45.0 Å². The first-order chi connectivity index (χ1) is 27.1. The lowest BCUT2D eigenvalue weighted by atomic mass is 9.99. The van der Waals surface area contributed by atoms with Gasteiger partial charge in [0.1, 0.15) is 0 Å². The molecule has 0 unspecified atom stereocenters. The van der Waals surface area contributed by atoms with Gasteiger partial charge in [0.2, 0.25) is 0 Å². The highest BCUT2D eigenvalue weighted by atomic mass is 16.1. The molecule has 7 heterocycles. The molecule has 12 nitrogen and oxygen atoms in total. The van der Waals surface area contributed by atoms with Gasteiger partial charge in [0.05, 0.1) is 62.6 Å². The molecule has 8 bridgehead atoms. The van der Waals surface area contributed by atoms with Gasteiger partial charge in [-0.25, -0.2) is 24.9 Å². The van der Waals surface area contributed by atoms with Crippen molar-refractivity contribution in [3.8, 4) is 34.2 Å². The molecule has 0 aliphatic carbocycles. The molecule has 0 saturated heterocycles. The minimum atomic E-state index is -0.260. The molecule has 0 radical (unpaired) electrons. The normalized spacial score (nSPS) is 13.5. The summed E-state index contributed by atoms with van der Waals surface area (Å²) < 4.78 is 0. The Bertz CT molecular complexity index is 2380. The van der Waals surface area contributed by atoms with Gasteiger partial charge in [-0.15, -0.1) is 0 Å². The second-order valence-corrected chi connectivity index (χ2v) is 14.6. The highest BCUT2D eigenvalue weighted by Gasteiger charge is 2.21. The molecule has 3 N–H and O–H groups in total. The number of nitrogens with zero attached hydrogens (tertiary/aromatic N) is 8. The molecule has 7 rings (SSSR count). The number of hydrogen-bond donors (Lipinski definition) is 2. The van der Waals surface area contributed by atoms with E-state index in [1.54, 1.807) is 18.2 Å². The molecule has 0 spiro atoms. The van der Waals surface area contributed by atoms with Crippen LogP contribution in [0.2, 0.25) is 0 Å². The highest BCUT2D eigenvalue weighted by Crippen LogP contribution is 2.25. The maximum absolute atomic E-state index is 13.7. The Hall–Kier alpha value is -6.08. The van der Waals surface area contributed by atoms with Gasteiger partial charge in [-0.05, 0) is 86.8 Å². The summed E-state index contributed by atoms with van der Waals surface area (Å²) in [5.41, 5.74) is 15.7. The molecule has 0 fully saturated rings. The second-order valence-electron chi connectivity index (χ2n) is 14.6. The number of nitrogens with one attached hydrogen (secondary N) is 1. The molecule has 0 aromatic carbocycles. The van der Waals surface area contributed by atoms with Crippen LogP contribution in [0.15, 0.2) is 97.1 Å². The van der Waals surface area contributed by atoms with Gasteiger partial charge in [-0.1, -0.05) is 38.1 Å². The molecule has 1 aliphatic heterocycles. The molecule has 1 amide bonds. The van der Waals surface area contributed by atoms with Crippen LogP contribution in [0.3, 0.4) is 0 Å². The number of aryl methyl sites for hydroxylation is 1. The summed E-state index contributed by atoms with van der Waals surface area (Å²) in [6.07, 6.45) is 0. The fourth-order valence-corrected chi connectivity index (χ4v) is 6.77. The molecular formula is C44H46N10O2. The monoisotopic (exact) mass is 746 g/mol. The van der Waals surface area contributed by atoms with Crippen molar-refractivity contribution in [2.24, 2.45) is 11.7 Å². The summed E-state index contributed by atoms with van der Waals surface area (Å²) in [4.78, 5) is 61.3. The fourth-order valence-electron chi connectivity index (χ4n) is 6.77. The van der Waals surface area contributed by atoms with Crippen LogP contribution in [0.1, 0.15) is 68.7 Å². The minimum absolute atomic E-state index is 0.0107. The third-order valence-corrected chi connectivity index (χ3v) is 9.37. The first kappa shape index (κ1) is 38.2. The van der Waals surface area contributed by atoms with Gasteiger partial charge in [0.25, 0.3) is 5.91 Å². The van der Waals surface area contributed by atoms with Crippen LogP contribution in [0.25, 0.3) is 34.2 Å². The van der Waals surface area contributed by atoms with Crippen LogP contribution < -0.4 is 11.1 Å². The van der Waals surface area contributed by atoms with E-state index in [0.717, 1.165) is 45.6 Å². The number of carbonyl (C=O) groups excluding carboxylic acids is 2. The third-order valence-electron chi connectivity index (χ3n) is 9.37. The van der Waals surface area contributed by atoms with Crippen molar-refractivity contribution in [1.29, 1.82) is 0 Å². The van der Waals surface area contributed by atoms with E-state index in [1.807, 2.05) is 107 Å². The van der Waals surface area contributed by atoms with Gasteiger partial charge in [0.15, 0.2) is 5.78 Å². The van der Waals surface area contributed by atoms with Gasteiger partial charge in [0, 0.05) is 68.6 Å². The maximum atomic E-state index is 13.7. The van der Waals surface area contributed by atoms with Gasteiger partial charge in [-0.2, -0.15) is 0 Å². The van der Waals surface area contributed by atoms with Crippen LogP contribution in [0.4, 0.5) is 0 Å². The number of carbonyl (C=O) groups is 2. The van der Waals surface area contributed by atoms with Crippen molar-refractivity contribution in [2.75, 3.05) is 20.1 Å². The average Bonchev–Trinajstić information content (AvgIpc) is 3.19. The highest BCUT2D eigenvalue weighted by molar-refractivity contribution is 5.98. The van der Waals surface area contributed by atoms with E-state index >= 15 is 0 Å². The Labute approximate surface area is 327 Å². The van der Waals surface area contributed by atoms with Crippen LogP contribution in [0.5, 0.6) is 0 Å². The average molecular weight is 747 g/mol. The molecule has 6 aromatic rings. The van der Waals surface area contributed by atoms with Crippen LogP contribution >= 0.6 is 0 Å². The van der Waals surface area contributed by atoms with Crippen LogP contribution in [-0.4, -0.2) is 71.5 Å². The number of amides is 1. The van der Waals surface area contributed by atoms with E-state index in [9.17, 15) is 9.59 Å². The first-order valence-corrected chi connectivity index (χ1v) is 18.9. The zero-order valence-corrected chi connectivity index (χ0v) is 32.2. The van der Waals surface area contributed by atoms with Crippen molar-refractivity contribution in [2.45, 2.75) is 53.5 Å². The predicted octanol–water partition coefficient (Wildman–Crippen LogP) is 6.04. The lowest BCUT2D eigenvalue weighted by Gasteiger charge is -2.23. The molecule has 0 saturated carbocycles. The summed E-state index contributed by atoms with van der Waals surface area (Å²) in [6.45, 7) is 8.65. The number of Topliss-reactive ketones (excluding diaryl/α,β-unsaturated/α-hetero) is 1. The number of ketones is 1. The summed E-state index contributed by atoms with van der Waals surface area (Å²) >= 11 is 0. The van der Waals surface area contributed by atoms with Crippen molar-refractivity contribution in [3.63, 3.8) is 0 Å². The number of aromatic nitrogens is 6. The number of pyridine rings is 6. The Morgan fingerprint density at radius 1 is 0.643 bits per heavy atom. The number of hydrogen-bond acceptors (Lipinski definition) is 11. The Balaban J connectivity index is 1.36. The molecule has 0 atom stereocenters. The Morgan fingerprint density at radius 3 is 1.82 bits per heavy atom. The van der Waals surface area contributed by atoms with E-state index in [-0.39, 0.29) is 17.6 Å². The molecule has 56 heavy (non-hydrogen) atoms. The standard InChI is InChI=1S/C44H46N10O2/c1-28(2)43(55)30-19-36-27-54(25-33-11-7-14-38(49-33)37-13-5-9-29(3)47-37)26-34-12-8-16-40(50-34)39-15-6-10-32(48-39)23-53(4)24-35-20-31(44(56)46-18-17-45)22-42(51-35)41(21-30)52-36/h5-16,19-22,28H,17-18,23-27,45H2,1-4H3,(H,46,56). The van der Waals surface area contributed by atoms with Crippen molar-refractivity contribution < 1.29 is 9.59 Å². The minimum Gasteiger partial charge on any atom is -0.351 e. The molecule has 6 aromatic heterocycles. The van der Waals surface area contributed by atoms with Crippen LogP contribution in [-0.2, 0) is 32.7 Å². The molecule has 1 aliphatic rings. The van der Waals surface area contributed by atoms with Crippen molar-refractivity contribution >= 4 is 11.7 Å². The maximum Gasteiger partial charge on any atom is 0.251 e. The SMILES string of the molecule is Cc1cccc(-c2cccc(CN3Cc4cccc(n4)-c4cccc(n4)CN(C)Cc4cc(C(=O)NCCN)cc(n4)-c4cc(C(=O)C(C)C)cc(n4)C3)n2)n1. The van der Waals surface area contributed by atoms with E-state index in [4.69, 9.17) is 35.6 Å². The second kappa shape index (κ2) is 17.2. The lowest BCUT2D eigenvalue weighted by Crippen LogP contribution is -2.29. The van der Waals surface area contributed by atoms with E-state index in [1.165, 1.54) is 0 Å². The largest absolute Gasteiger partial charge is 0.351 e. The van der Waals surface area contributed by atoms with Crippen molar-refractivity contribution in [3.05, 3.63) is 142 Å². The van der Waals surface area contributed by atoms with Gasteiger partial charge < -0.3 is 11.1 Å². The number of fused-ring (bicyclic) bond motifs is 10. The summed E-state index contributed by atoms with van der Waals surface area (Å²) in [6, 6.07) is 31.0. The van der Waals surface area contributed by atoms with E-state index < -0.39 is 0 Å². The lowest BCUT2D eigenvalue weighted by molar-refractivity contribution is 0.0936. The van der Waals surface area contributed by atoms with E-state index in [2.05, 4.69) is 15.1 Å². The first-order valence-electron chi connectivity index (χ1n) is 18.9. The summed E-state index contributed by atoms with van der Waals surface area (Å²) in [7, 11) is 1.99. The summed E-state index contributed by atoms with van der Waals surface area (Å²) in [5, 5.41) is 2.89. The zero-order chi connectivity index (χ0) is 39.2.